The van der Waals surface area contributed by atoms with Crippen LogP contribution in [0, 0.1) is 11.8 Å². The zero-order valence-electron chi connectivity index (χ0n) is 17.2. The van der Waals surface area contributed by atoms with Crippen LogP contribution in [-0.4, -0.2) is 25.5 Å². The molecule has 0 radical (unpaired) electrons. The number of rotatable bonds is 9. The van der Waals surface area contributed by atoms with Crippen LogP contribution in [0.2, 0.25) is 0 Å². The van der Waals surface area contributed by atoms with Crippen LogP contribution in [0.3, 0.4) is 0 Å². The molecule has 1 aromatic rings. The fourth-order valence-electron chi connectivity index (χ4n) is 4.36. The first-order valence-electron chi connectivity index (χ1n) is 10.5. The lowest BCUT2D eigenvalue weighted by atomic mass is 9.75. The second-order valence-corrected chi connectivity index (χ2v) is 8.03. The highest BCUT2D eigenvalue weighted by Crippen LogP contribution is 2.38. The lowest BCUT2D eigenvalue weighted by molar-refractivity contribution is -0.116. The van der Waals surface area contributed by atoms with Crippen molar-refractivity contribution in [1.29, 1.82) is 0 Å². The summed E-state index contributed by atoms with van der Waals surface area (Å²) in [7, 11) is 1.67. The first kappa shape index (κ1) is 20.7. The molecule has 4 heteroatoms. The van der Waals surface area contributed by atoms with Crippen molar-refractivity contribution in [2.24, 2.45) is 11.8 Å². The molecule has 152 valence electrons. The minimum atomic E-state index is 0.346. The first-order valence-corrected chi connectivity index (χ1v) is 10.5. The number of ether oxygens (including phenoxy) is 2. The van der Waals surface area contributed by atoms with Gasteiger partial charge in [-0.1, -0.05) is 25.1 Å². The van der Waals surface area contributed by atoms with E-state index in [0.29, 0.717) is 36.7 Å². The number of nitrogens with one attached hydrogen (secondary N) is 1. The molecule has 0 saturated carbocycles. The lowest BCUT2D eigenvalue weighted by Crippen LogP contribution is -2.41. The molecule has 1 aliphatic carbocycles. The highest BCUT2D eigenvalue weighted by atomic mass is 16.5. The minimum absolute atomic E-state index is 0.346. The van der Waals surface area contributed by atoms with E-state index in [1.54, 1.807) is 7.11 Å². The molecule has 1 heterocycles. The number of ketones is 1. The summed E-state index contributed by atoms with van der Waals surface area (Å²) in [5.74, 6) is 2.13. The molecular formula is C24H33NO3. The molecule has 3 atom stereocenters. The van der Waals surface area contributed by atoms with E-state index in [4.69, 9.17) is 9.47 Å². The standard InChI is InChI=1S/C24H33NO3/c1-4-5-19-8-11-22-23(26)13-12-21(24(22)25-19)17(2)14-15-28-16-18-6-9-20(27-3)10-7-18/h4,6-7,9-10,17,19,21,25H,1,5,8,11-16H2,2-3H3/t17-,19?,21+/m0/s1. The van der Waals surface area contributed by atoms with E-state index in [-0.39, 0.29) is 0 Å². The normalized spacial score (nSPS) is 23.0. The Kier molecular flexibility index (Phi) is 7.32. The second-order valence-electron chi connectivity index (χ2n) is 8.03. The Morgan fingerprint density at radius 1 is 1.25 bits per heavy atom. The van der Waals surface area contributed by atoms with Crippen molar-refractivity contribution in [1.82, 2.24) is 5.32 Å². The SMILES string of the molecule is C=CCC1CCC2=C(N1)[C@@H]([C@@H](C)CCOCc1ccc(OC)cc1)CCC2=O. The second kappa shape index (κ2) is 9.92. The van der Waals surface area contributed by atoms with Crippen molar-refractivity contribution in [2.45, 2.75) is 58.1 Å². The average Bonchev–Trinajstić information content (AvgIpc) is 2.72. The quantitative estimate of drug-likeness (QED) is 0.491. The zero-order chi connectivity index (χ0) is 19.9. The van der Waals surface area contributed by atoms with E-state index in [1.807, 2.05) is 30.3 Å². The van der Waals surface area contributed by atoms with Crippen molar-refractivity contribution in [3.63, 3.8) is 0 Å². The number of carbonyl (C=O) groups excluding carboxylic acids is 1. The molecule has 1 unspecified atom stereocenters. The Morgan fingerprint density at radius 2 is 2.04 bits per heavy atom. The summed E-state index contributed by atoms with van der Waals surface area (Å²) in [4.78, 5) is 12.4. The van der Waals surface area contributed by atoms with Gasteiger partial charge in [0.05, 0.1) is 13.7 Å². The van der Waals surface area contributed by atoms with Crippen LogP contribution in [-0.2, 0) is 16.1 Å². The Bertz CT molecular complexity index is 707. The van der Waals surface area contributed by atoms with E-state index in [2.05, 4.69) is 18.8 Å². The van der Waals surface area contributed by atoms with Crippen molar-refractivity contribution < 1.29 is 14.3 Å². The molecule has 1 N–H and O–H groups in total. The van der Waals surface area contributed by atoms with Gasteiger partial charge in [0, 0.05) is 36.3 Å². The summed E-state index contributed by atoms with van der Waals surface area (Å²) in [6.07, 6.45) is 7.51. The monoisotopic (exact) mass is 383 g/mol. The molecule has 1 aromatic carbocycles. The molecule has 0 saturated heterocycles. The van der Waals surface area contributed by atoms with Gasteiger partial charge < -0.3 is 14.8 Å². The predicted molar refractivity (Wildman–Crippen MR) is 112 cm³/mol. The van der Waals surface area contributed by atoms with E-state index in [9.17, 15) is 4.79 Å². The number of methoxy groups -OCH3 is 1. The fourth-order valence-corrected chi connectivity index (χ4v) is 4.36. The Hall–Kier alpha value is -2.07. The molecule has 0 amide bonds. The van der Waals surface area contributed by atoms with E-state index >= 15 is 0 Å². The first-order chi connectivity index (χ1) is 13.6. The van der Waals surface area contributed by atoms with Crippen LogP contribution in [0.1, 0.15) is 51.0 Å². The Labute approximate surface area is 169 Å². The largest absolute Gasteiger partial charge is 0.497 e. The van der Waals surface area contributed by atoms with Crippen LogP contribution < -0.4 is 10.1 Å². The smallest absolute Gasteiger partial charge is 0.160 e. The summed E-state index contributed by atoms with van der Waals surface area (Å²) in [6, 6.07) is 8.42. The maximum atomic E-state index is 12.4. The number of hydrogen-bond acceptors (Lipinski definition) is 4. The topological polar surface area (TPSA) is 47.6 Å². The van der Waals surface area contributed by atoms with Crippen LogP contribution in [0.4, 0.5) is 0 Å². The maximum Gasteiger partial charge on any atom is 0.160 e. The highest BCUT2D eigenvalue weighted by molar-refractivity contribution is 5.97. The number of benzene rings is 1. The molecule has 0 aromatic heterocycles. The molecule has 4 nitrogen and oxygen atoms in total. The summed E-state index contributed by atoms with van der Waals surface area (Å²) in [5, 5.41) is 3.68. The molecule has 1 aliphatic heterocycles. The van der Waals surface area contributed by atoms with Gasteiger partial charge in [-0.25, -0.2) is 0 Å². The number of hydrogen-bond donors (Lipinski definition) is 1. The van der Waals surface area contributed by atoms with Crippen molar-refractivity contribution in [3.8, 4) is 5.75 Å². The molecule has 0 spiro atoms. The van der Waals surface area contributed by atoms with Crippen LogP contribution in [0.25, 0.3) is 0 Å². The molecule has 2 aliphatic rings. The van der Waals surface area contributed by atoms with E-state index in [1.165, 1.54) is 5.70 Å². The van der Waals surface area contributed by atoms with Crippen LogP contribution in [0.15, 0.2) is 48.2 Å². The van der Waals surface area contributed by atoms with Gasteiger partial charge in [0.25, 0.3) is 0 Å². The molecule has 0 fully saturated rings. The van der Waals surface area contributed by atoms with Gasteiger partial charge in [-0.2, -0.15) is 0 Å². The van der Waals surface area contributed by atoms with Gasteiger partial charge in [-0.3, -0.25) is 4.79 Å². The van der Waals surface area contributed by atoms with Crippen LogP contribution in [0.5, 0.6) is 5.75 Å². The van der Waals surface area contributed by atoms with Crippen molar-refractivity contribution >= 4 is 5.78 Å². The van der Waals surface area contributed by atoms with E-state index in [0.717, 1.165) is 55.6 Å². The van der Waals surface area contributed by atoms with Gasteiger partial charge in [0.15, 0.2) is 5.78 Å². The number of allylic oxidation sites excluding steroid dienone is 2. The molecule has 0 bridgehead atoms. The third-order valence-electron chi connectivity index (χ3n) is 6.10. The van der Waals surface area contributed by atoms with Gasteiger partial charge in [0.2, 0.25) is 0 Å². The Balaban J connectivity index is 1.52. The number of carbonyl (C=O) groups is 1. The van der Waals surface area contributed by atoms with Gasteiger partial charge >= 0.3 is 0 Å². The third kappa shape index (κ3) is 5.05. The molecule has 3 rings (SSSR count). The molecular weight excluding hydrogens is 350 g/mol. The summed E-state index contributed by atoms with van der Waals surface area (Å²) >= 11 is 0. The van der Waals surface area contributed by atoms with Crippen molar-refractivity contribution in [2.75, 3.05) is 13.7 Å². The highest BCUT2D eigenvalue weighted by Gasteiger charge is 2.34. The molecule has 28 heavy (non-hydrogen) atoms. The van der Waals surface area contributed by atoms with Crippen molar-refractivity contribution in [3.05, 3.63) is 53.8 Å². The fraction of sp³-hybridized carbons (Fsp3) is 0.542. The number of Topliss-reactive ketones (excluding diaryl/α,β-unsaturated/α-hetero) is 1. The van der Waals surface area contributed by atoms with E-state index < -0.39 is 0 Å². The third-order valence-corrected chi connectivity index (χ3v) is 6.10. The predicted octanol–water partition coefficient (Wildman–Crippen LogP) is 4.80. The van der Waals surface area contributed by atoms with Gasteiger partial charge in [-0.05, 0) is 55.7 Å². The van der Waals surface area contributed by atoms with Gasteiger partial charge in [0.1, 0.15) is 5.75 Å². The summed E-state index contributed by atoms with van der Waals surface area (Å²) in [5.41, 5.74) is 3.43. The minimum Gasteiger partial charge on any atom is -0.497 e. The lowest BCUT2D eigenvalue weighted by Gasteiger charge is -2.38. The summed E-state index contributed by atoms with van der Waals surface area (Å²) in [6.45, 7) is 7.51. The summed E-state index contributed by atoms with van der Waals surface area (Å²) < 4.78 is 11.1. The van der Waals surface area contributed by atoms with Crippen LogP contribution >= 0.6 is 0 Å². The maximum absolute atomic E-state index is 12.4. The average molecular weight is 384 g/mol. The Morgan fingerprint density at radius 3 is 2.75 bits per heavy atom. The van der Waals surface area contributed by atoms with Gasteiger partial charge in [-0.15, -0.1) is 6.58 Å². The zero-order valence-corrected chi connectivity index (χ0v) is 17.2.